The van der Waals surface area contributed by atoms with Crippen molar-refractivity contribution >= 4 is 0 Å². The van der Waals surface area contributed by atoms with Crippen molar-refractivity contribution in [3.8, 4) is 0 Å². The Hall–Kier alpha value is -0.120. The van der Waals surface area contributed by atoms with Crippen molar-refractivity contribution < 1.29 is 5.11 Å². The van der Waals surface area contributed by atoms with Crippen LogP contribution in [0.1, 0.15) is 52.9 Å². The molecule has 1 rings (SSSR count). The number of aliphatic hydroxyl groups is 1. The Kier molecular flexibility index (Phi) is 5.90. The number of aliphatic hydroxyl groups excluding tert-OH is 1. The van der Waals surface area contributed by atoms with Crippen molar-refractivity contribution in [1.29, 1.82) is 0 Å². The van der Waals surface area contributed by atoms with Gasteiger partial charge in [0.25, 0.3) is 0 Å². The molecule has 1 unspecified atom stereocenters. The number of hydrogen-bond acceptors (Lipinski definition) is 3. The largest absolute Gasteiger partial charge is 0.394 e. The summed E-state index contributed by atoms with van der Waals surface area (Å²) in [4.78, 5) is 2.48. The van der Waals surface area contributed by atoms with E-state index in [1.807, 2.05) is 0 Å². The van der Waals surface area contributed by atoms with Crippen LogP contribution in [0.5, 0.6) is 0 Å². The van der Waals surface area contributed by atoms with Crippen LogP contribution < -0.4 is 5.32 Å². The first kappa shape index (κ1) is 14.9. The third-order valence-electron chi connectivity index (χ3n) is 3.92. The van der Waals surface area contributed by atoms with Crippen LogP contribution in [0.4, 0.5) is 0 Å². The summed E-state index contributed by atoms with van der Waals surface area (Å²) in [5.74, 6) is 0. The first-order valence-corrected chi connectivity index (χ1v) is 7.05. The fraction of sp³-hybridized carbons (Fsp3) is 1.00. The van der Waals surface area contributed by atoms with Gasteiger partial charge < -0.3 is 15.3 Å². The normalized spacial score (nSPS) is 20.6. The van der Waals surface area contributed by atoms with Gasteiger partial charge in [0.1, 0.15) is 0 Å². The highest BCUT2D eigenvalue weighted by Crippen LogP contribution is 2.24. The quantitative estimate of drug-likeness (QED) is 0.683. The van der Waals surface area contributed by atoms with Crippen molar-refractivity contribution in [3.05, 3.63) is 0 Å². The maximum absolute atomic E-state index is 9.49. The molecule has 3 heteroatoms. The van der Waals surface area contributed by atoms with E-state index in [9.17, 15) is 5.11 Å². The second-order valence-corrected chi connectivity index (χ2v) is 6.19. The van der Waals surface area contributed by atoms with Crippen molar-refractivity contribution in [3.63, 3.8) is 0 Å². The Morgan fingerprint density at radius 3 is 2.47 bits per heavy atom. The SMILES string of the molecule is CC(C)NC(C)(CO)CCCN(C)C1CCC1. The van der Waals surface area contributed by atoms with E-state index in [4.69, 9.17) is 0 Å². The van der Waals surface area contributed by atoms with Gasteiger partial charge >= 0.3 is 0 Å². The molecule has 17 heavy (non-hydrogen) atoms. The Morgan fingerprint density at radius 2 is 2.06 bits per heavy atom. The summed E-state index contributed by atoms with van der Waals surface area (Å²) < 4.78 is 0. The van der Waals surface area contributed by atoms with E-state index in [1.165, 1.54) is 19.3 Å². The number of nitrogens with one attached hydrogen (secondary N) is 1. The third kappa shape index (κ3) is 4.94. The lowest BCUT2D eigenvalue weighted by Gasteiger charge is -2.36. The number of nitrogens with zero attached hydrogens (tertiary/aromatic N) is 1. The molecule has 0 saturated heterocycles. The third-order valence-corrected chi connectivity index (χ3v) is 3.92. The Labute approximate surface area is 107 Å². The van der Waals surface area contributed by atoms with E-state index < -0.39 is 0 Å². The molecule has 102 valence electrons. The van der Waals surface area contributed by atoms with Crippen LogP contribution in [0.15, 0.2) is 0 Å². The molecule has 0 spiro atoms. The van der Waals surface area contributed by atoms with E-state index in [0.29, 0.717) is 6.04 Å². The van der Waals surface area contributed by atoms with Crippen LogP contribution in [0.2, 0.25) is 0 Å². The molecule has 0 aliphatic heterocycles. The molecule has 0 aromatic heterocycles. The van der Waals surface area contributed by atoms with E-state index >= 15 is 0 Å². The predicted molar refractivity (Wildman–Crippen MR) is 73.3 cm³/mol. The van der Waals surface area contributed by atoms with Crippen molar-refractivity contribution in [2.45, 2.75) is 70.5 Å². The molecule has 0 bridgehead atoms. The van der Waals surface area contributed by atoms with Gasteiger partial charge in [-0.05, 0) is 46.2 Å². The molecular formula is C14H30N2O. The molecule has 0 aromatic carbocycles. The molecule has 0 amide bonds. The summed E-state index contributed by atoms with van der Waals surface area (Å²) in [5.41, 5.74) is -0.116. The fourth-order valence-electron chi connectivity index (χ4n) is 2.62. The standard InChI is InChI=1S/C14H30N2O/c1-12(2)15-14(3,11-17)9-6-10-16(4)13-7-5-8-13/h12-13,15,17H,5-11H2,1-4H3. The highest BCUT2D eigenvalue weighted by Gasteiger charge is 2.25. The van der Waals surface area contributed by atoms with Crippen molar-refractivity contribution in [1.82, 2.24) is 10.2 Å². The summed E-state index contributed by atoms with van der Waals surface area (Å²) in [6.45, 7) is 7.76. The van der Waals surface area contributed by atoms with Crippen molar-refractivity contribution in [2.24, 2.45) is 0 Å². The summed E-state index contributed by atoms with van der Waals surface area (Å²) in [6.07, 6.45) is 6.34. The fourth-order valence-corrected chi connectivity index (χ4v) is 2.62. The lowest BCUT2D eigenvalue weighted by molar-refractivity contribution is 0.130. The van der Waals surface area contributed by atoms with Gasteiger partial charge in [0.05, 0.1) is 6.61 Å². The molecule has 1 aliphatic rings. The minimum Gasteiger partial charge on any atom is -0.394 e. The lowest BCUT2D eigenvalue weighted by Crippen LogP contribution is -2.49. The Bertz CT molecular complexity index is 216. The smallest absolute Gasteiger partial charge is 0.0610 e. The van der Waals surface area contributed by atoms with Gasteiger partial charge in [-0.25, -0.2) is 0 Å². The Morgan fingerprint density at radius 1 is 1.41 bits per heavy atom. The van der Waals surface area contributed by atoms with Gasteiger partial charge in [0, 0.05) is 17.6 Å². The molecule has 2 N–H and O–H groups in total. The summed E-state index contributed by atoms with van der Waals surface area (Å²) in [5, 5.41) is 13.0. The van der Waals surface area contributed by atoms with E-state index in [-0.39, 0.29) is 12.1 Å². The topological polar surface area (TPSA) is 35.5 Å². The molecule has 1 aliphatic carbocycles. The predicted octanol–water partition coefficient (Wildman–Crippen LogP) is 2.00. The number of rotatable bonds is 8. The maximum Gasteiger partial charge on any atom is 0.0610 e. The van der Waals surface area contributed by atoms with Gasteiger partial charge in [-0.1, -0.05) is 20.3 Å². The monoisotopic (exact) mass is 242 g/mol. The average molecular weight is 242 g/mol. The highest BCUT2D eigenvalue weighted by molar-refractivity contribution is 4.85. The highest BCUT2D eigenvalue weighted by atomic mass is 16.3. The van der Waals surface area contributed by atoms with Gasteiger partial charge in [-0.2, -0.15) is 0 Å². The molecule has 0 heterocycles. The maximum atomic E-state index is 9.49. The van der Waals surface area contributed by atoms with Crippen LogP contribution in [0.25, 0.3) is 0 Å². The summed E-state index contributed by atoms with van der Waals surface area (Å²) in [7, 11) is 2.23. The van der Waals surface area contributed by atoms with Gasteiger partial charge in [-0.15, -0.1) is 0 Å². The second-order valence-electron chi connectivity index (χ2n) is 6.19. The van der Waals surface area contributed by atoms with E-state index in [2.05, 4.69) is 38.0 Å². The molecule has 3 nitrogen and oxygen atoms in total. The lowest BCUT2D eigenvalue weighted by atomic mass is 9.91. The van der Waals surface area contributed by atoms with Crippen LogP contribution in [-0.4, -0.2) is 47.8 Å². The minimum absolute atomic E-state index is 0.116. The summed E-state index contributed by atoms with van der Waals surface area (Å²) >= 11 is 0. The molecule has 0 radical (unpaired) electrons. The van der Waals surface area contributed by atoms with Crippen LogP contribution in [-0.2, 0) is 0 Å². The zero-order valence-electron chi connectivity index (χ0n) is 12.0. The first-order valence-electron chi connectivity index (χ1n) is 7.05. The summed E-state index contributed by atoms with van der Waals surface area (Å²) in [6, 6.07) is 1.25. The molecule has 0 aromatic rings. The van der Waals surface area contributed by atoms with Crippen LogP contribution in [0.3, 0.4) is 0 Å². The molecule has 1 fully saturated rings. The van der Waals surface area contributed by atoms with Crippen LogP contribution in [0, 0.1) is 0 Å². The zero-order chi connectivity index (χ0) is 12.9. The van der Waals surface area contributed by atoms with Gasteiger partial charge in [0.15, 0.2) is 0 Å². The molecular weight excluding hydrogens is 212 g/mol. The molecule has 1 saturated carbocycles. The zero-order valence-corrected chi connectivity index (χ0v) is 12.0. The van der Waals surface area contributed by atoms with E-state index in [1.54, 1.807) is 0 Å². The van der Waals surface area contributed by atoms with Gasteiger partial charge in [-0.3, -0.25) is 0 Å². The minimum atomic E-state index is -0.116. The average Bonchev–Trinajstić information content (AvgIpc) is 2.13. The Balaban J connectivity index is 2.22. The van der Waals surface area contributed by atoms with Crippen molar-refractivity contribution in [2.75, 3.05) is 20.2 Å². The van der Waals surface area contributed by atoms with Crippen LogP contribution >= 0.6 is 0 Å². The second kappa shape index (κ2) is 6.72. The van der Waals surface area contributed by atoms with E-state index in [0.717, 1.165) is 25.4 Å². The molecule has 1 atom stereocenters. The number of hydrogen-bond donors (Lipinski definition) is 2. The first-order chi connectivity index (χ1) is 7.97. The van der Waals surface area contributed by atoms with Gasteiger partial charge in [0.2, 0.25) is 0 Å².